The standard InChI is InChI=1S/C19H17F3N4OS/c20-19(21,22)16-9-14(12-5-2-1-3-6-12)24-17-10-15(25-26(16)17)18(27)23-11-13-7-4-8-28-13/h1-8,10,14,16,24H,9,11H2,(H,23,27)/t14-,16+/m0/s1. The van der Waals surface area contributed by atoms with Gasteiger partial charge in [0.05, 0.1) is 12.6 Å². The van der Waals surface area contributed by atoms with Crippen LogP contribution >= 0.6 is 11.3 Å². The lowest BCUT2D eigenvalue weighted by Crippen LogP contribution is -2.35. The van der Waals surface area contributed by atoms with E-state index in [1.165, 1.54) is 17.4 Å². The van der Waals surface area contributed by atoms with Crippen LogP contribution in [-0.2, 0) is 6.54 Å². The first-order chi connectivity index (χ1) is 13.4. The lowest BCUT2D eigenvalue weighted by atomic mass is 9.97. The second-order valence-electron chi connectivity index (χ2n) is 6.52. The maximum absolute atomic E-state index is 13.7. The SMILES string of the molecule is O=C(NCc1cccs1)c1cc2n(n1)[C@@H](C(F)(F)F)C[C@@H](c1ccccc1)N2. The van der Waals surface area contributed by atoms with Crippen molar-refractivity contribution in [3.05, 3.63) is 70.0 Å². The number of nitrogens with zero attached hydrogens (tertiary/aromatic N) is 2. The predicted molar refractivity (Wildman–Crippen MR) is 100 cm³/mol. The fraction of sp³-hybridized carbons (Fsp3) is 0.263. The topological polar surface area (TPSA) is 59.0 Å². The minimum absolute atomic E-state index is 0.0398. The molecule has 0 fully saturated rings. The van der Waals surface area contributed by atoms with Crippen molar-refractivity contribution in [3.8, 4) is 0 Å². The minimum atomic E-state index is -4.47. The van der Waals surface area contributed by atoms with Crippen molar-refractivity contribution in [2.75, 3.05) is 5.32 Å². The van der Waals surface area contributed by atoms with E-state index >= 15 is 0 Å². The van der Waals surface area contributed by atoms with E-state index in [1.807, 2.05) is 23.6 Å². The Morgan fingerprint density at radius 2 is 2.04 bits per heavy atom. The van der Waals surface area contributed by atoms with Gasteiger partial charge in [0.2, 0.25) is 0 Å². The Bertz CT molecular complexity index is 953. The highest BCUT2D eigenvalue weighted by Crippen LogP contribution is 2.43. The van der Waals surface area contributed by atoms with E-state index in [9.17, 15) is 18.0 Å². The Hall–Kier alpha value is -2.81. The maximum atomic E-state index is 13.7. The zero-order valence-electron chi connectivity index (χ0n) is 14.6. The van der Waals surface area contributed by atoms with Gasteiger partial charge >= 0.3 is 6.18 Å². The molecule has 1 aromatic carbocycles. The second-order valence-corrected chi connectivity index (χ2v) is 7.55. The van der Waals surface area contributed by atoms with E-state index in [0.717, 1.165) is 15.1 Å². The average molecular weight is 406 g/mol. The number of nitrogens with one attached hydrogen (secondary N) is 2. The van der Waals surface area contributed by atoms with Gasteiger partial charge in [0.25, 0.3) is 5.91 Å². The van der Waals surface area contributed by atoms with E-state index in [2.05, 4.69) is 15.7 Å². The summed E-state index contributed by atoms with van der Waals surface area (Å²) in [6, 6.07) is 11.7. The molecule has 146 valence electrons. The highest BCUT2D eigenvalue weighted by Gasteiger charge is 2.46. The van der Waals surface area contributed by atoms with Crippen molar-refractivity contribution < 1.29 is 18.0 Å². The Labute approximate surface area is 163 Å². The van der Waals surface area contributed by atoms with Crippen LogP contribution in [0.2, 0.25) is 0 Å². The predicted octanol–water partition coefficient (Wildman–Crippen LogP) is 4.53. The summed E-state index contributed by atoms with van der Waals surface area (Å²) < 4.78 is 41.9. The smallest absolute Gasteiger partial charge is 0.363 e. The van der Waals surface area contributed by atoms with Crippen molar-refractivity contribution in [1.82, 2.24) is 15.1 Å². The van der Waals surface area contributed by atoms with Gasteiger partial charge < -0.3 is 10.6 Å². The summed E-state index contributed by atoms with van der Waals surface area (Å²) in [6.45, 7) is 0.307. The molecule has 28 heavy (non-hydrogen) atoms. The largest absolute Gasteiger partial charge is 0.410 e. The molecule has 0 saturated carbocycles. The maximum Gasteiger partial charge on any atom is 0.410 e. The molecule has 5 nitrogen and oxygen atoms in total. The number of amides is 1. The number of aromatic nitrogens is 2. The number of thiophene rings is 1. The molecule has 0 unspecified atom stereocenters. The summed E-state index contributed by atoms with van der Waals surface area (Å²) in [5, 5.41) is 11.6. The van der Waals surface area contributed by atoms with Crippen LogP contribution < -0.4 is 10.6 Å². The van der Waals surface area contributed by atoms with E-state index in [1.54, 1.807) is 24.3 Å². The van der Waals surface area contributed by atoms with Crippen molar-refractivity contribution in [1.29, 1.82) is 0 Å². The number of benzene rings is 1. The third-order valence-electron chi connectivity index (χ3n) is 4.63. The molecular formula is C19H17F3N4OS. The third-order valence-corrected chi connectivity index (χ3v) is 5.50. The molecule has 2 atom stereocenters. The quantitative estimate of drug-likeness (QED) is 0.669. The lowest BCUT2D eigenvalue weighted by molar-refractivity contribution is -0.173. The number of rotatable bonds is 4. The van der Waals surface area contributed by atoms with Gasteiger partial charge in [-0.25, -0.2) is 4.68 Å². The molecule has 4 rings (SSSR count). The van der Waals surface area contributed by atoms with Gasteiger partial charge in [0, 0.05) is 17.4 Å². The molecule has 0 bridgehead atoms. The summed E-state index contributed by atoms with van der Waals surface area (Å²) in [5.41, 5.74) is 0.718. The van der Waals surface area contributed by atoms with Crippen molar-refractivity contribution in [2.24, 2.45) is 0 Å². The first kappa shape index (κ1) is 18.5. The van der Waals surface area contributed by atoms with Gasteiger partial charge in [-0.15, -0.1) is 11.3 Å². The number of anilines is 1. The minimum Gasteiger partial charge on any atom is -0.363 e. The van der Waals surface area contributed by atoms with Crippen LogP contribution in [0.15, 0.2) is 53.9 Å². The Morgan fingerprint density at radius 3 is 2.71 bits per heavy atom. The zero-order valence-corrected chi connectivity index (χ0v) is 15.4. The summed E-state index contributed by atoms with van der Waals surface area (Å²) >= 11 is 1.49. The highest BCUT2D eigenvalue weighted by atomic mass is 32.1. The first-order valence-electron chi connectivity index (χ1n) is 8.70. The van der Waals surface area contributed by atoms with Gasteiger partial charge in [-0.05, 0) is 17.0 Å². The van der Waals surface area contributed by atoms with Crippen molar-refractivity contribution >= 4 is 23.1 Å². The van der Waals surface area contributed by atoms with Gasteiger partial charge in [-0.1, -0.05) is 36.4 Å². The molecule has 0 saturated heterocycles. The Morgan fingerprint density at radius 1 is 1.25 bits per heavy atom. The average Bonchev–Trinajstić information content (AvgIpc) is 3.34. The lowest BCUT2D eigenvalue weighted by Gasteiger charge is -2.33. The van der Waals surface area contributed by atoms with E-state index < -0.39 is 24.2 Å². The van der Waals surface area contributed by atoms with E-state index in [-0.39, 0.29) is 17.9 Å². The molecule has 9 heteroatoms. The fourth-order valence-electron chi connectivity index (χ4n) is 3.26. The number of alkyl halides is 3. The van der Waals surface area contributed by atoms with E-state index in [4.69, 9.17) is 0 Å². The molecular weight excluding hydrogens is 389 g/mol. The number of carbonyl (C=O) groups is 1. The monoisotopic (exact) mass is 406 g/mol. The van der Waals surface area contributed by atoms with Gasteiger partial charge in [-0.3, -0.25) is 4.79 Å². The van der Waals surface area contributed by atoms with Crippen molar-refractivity contribution in [3.63, 3.8) is 0 Å². The van der Waals surface area contributed by atoms with Gasteiger partial charge in [-0.2, -0.15) is 18.3 Å². The van der Waals surface area contributed by atoms with Gasteiger partial charge in [0.1, 0.15) is 5.82 Å². The number of hydrogen-bond acceptors (Lipinski definition) is 4. The fourth-order valence-corrected chi connectivity index (χ4v) is 3.90. The van der Waals surface area contributed by atoms with Crippen LogP contribution in [0.25, 0.3) is 0 Å². The summed E-state index contributed by atoms with van der Waals surface area (Å²) in [7, 11) is 0. The summed E-state index contributed by atoms with van der Waals surface area (Å²) in [6.07, 6.45) is -4.67. The zero-order chi connectivity index (χ0) is 19.7. The van der Waals surface area contributed by atoms with Gasteiger partial charge in [0.15, 0.2) is 11.7 Å². The molecule has 0 aliphatic carbocycles. The molecule has 0 radical (unpaired) electrons. The van der Waals surface area contributed by atoms with Crippen LogP contribution in [0.5, 0.6) is 0 Å². The first-order valence-corrected chi connectivity index (χ1v) is 9.58. The molecule has 0 spiro atoms. The van der Waals surface area contributed by atoms with Crippen LogP contribution in [0, 0.1) is 0 Å². The van der Waals surface area contributed by atoms with Crippen LogP contribution in [0.3, 0.4) is 0 Å². The molecule has 1 aliphatic heterocycles. The summed E-state index contributed by atoms with van der Waals surface area (Å²) in [5.74, 6) is -0.321. The van der Waals surface area contributed by atoms with E-state index in [0.29, 0.717) is 6.54 Å². The number of halogens is 3. The summed E-state index contributed by atoms with van der Waals surface area (Å²) in [4.78, 5) is 13.3. The molecule has 3 aromatic rings. The van der Waals surface area contributed by atoms with Crippen LogP contribution in [-0.4, -0.2) is 21.9 Å². The second kappa shape index (κ2) is 7.31. The van der Waals surface area contributed by atoms with Crippen LogP contribution in [0.4, 0.5) is 19.0 Å². The molecule has 2 aromatic heterocycles. The molecule has 2 N–H and O–H groups in total. The number of hydrogen-bond donors (Lipinski definition) is 2. The Balaban J connectivity index is 1.59. The molecule has 1 amide bonds. The third kappa shape index (κ3) is 3.75. The highest BCUT2D eigenvalue weighted by molar-refractivity contribution is 7.09. The molecule has 3 heterocycles. The van der Waals surface area contributed by atoms with Crippen LogP contribution in [0.1, 0.15) is 39.4 Å². The normalized spacial score (nSPS) is 19.0. The van der Waals surface area contributed by atoms with Crippen molar-refractivity contribution in [2.45, 2.75) is 31.2 Å². The number of fused-ring (bicyclic) bond motifs is 1. The number of carbonyl (C=O) groups excluding carboxylic acids is 1. The Kier molecular flexibility index (Phi) is 4.84. The molecule has 1 aliphatic rings.